The predicted molar refractivity (Wildman–Crippen MR) is 146 cm³/mol. The first-order chi connectivity index (χ1) is 16.1. The van der Waals surface area contributed by atoms with Gasteiger partial charge in [-0.05, 0) is 91.9 Å². The maximum absolute atomic E-state index is 11.0. The van der Waals surface area contributed by atoms with Gasteiger partial charge in [0.15, 0.2) is 0 Å². The zero-order valence-corrected chi connectivity index (χ0v) is 23.0. The summed E-state index contributed by atoms with van der Waals surface area (Å²) in [6.45, 7) is 13.4. The van der Waals surface area contributed by atoms with Crippen molar-refractivity contribution in [2.75, 3.05) is 5.75 Å². The van der Waals surface area contributed by atoms with Crippen LogP contribution in [0.2, 0.25) is 0 Å². The van der Waals surface area contributed by atoms with Crippen LogP contribution in [0.5, 0.6) is 0 Å². The summed E-state index contributed by atoms with van der Waals surface area (Å²) in [4.78, 5) is 0. The zero-order valence-electron chi connectivity index (χ0n) is 22.2. The van der Waals surface area contributed by atoms with Crippen molar-refractivity contribution in [3.8, 4) is 0 Å². The molecule has 3 rings (SSSR count). The monoisotopic (exact) mass is 490 g/mol. The minimum Gasteiger partial charge on any atom is -0.393 e. The van der Waals surface area contributed by atoms with E-state index < -0.39 is 17.8 Å². The van der Waals surface area contributed by atoms with Gasteiger partial charge in [-0.15, -0.1) is 0 Å². The minimum atomic E-state index is -0.619. The van der Waals surface area contributed by atoms with Gasteiger partial charge in [-0.3, -0.25) is 0 Å². The van der Waals surface area contributed by atoms with Gasteiger partial charge in [-0.1, -0.05) is 64.8 Å². The standard InChI is InChI=1S/C30H50O3S/c1-6-14-30(33,15-7-2)17-18-34-22(4)26-12-13-27-23(9-8-16-29(26,27)5)10-11-24-19-25(31)20-28(32)21(24)3/h10-11,22,25-28,31-33H,3,6-9,12-20H2,1-2,4-5H3/b23-10+,24-11-/t22-,25+,26+,27-,28-,29+/m0/s1. The van der Waals surface area contributed by atoms with Crippen molar-refractivity contribution in [3.05, 3.63) is 35.5 Å². The highest BCUT2D eigenvalue weighted by atomic mass is 32.2. The molecule has 3 fully saturated rings. The summed E-state index contributed by atoms with van der Waals surface area (Å²) in [5.41, 5.74) is 3.22. The number of hydrogen-bond donors (Lipinski definition) is 3. The normalized spacial score (nSPS) is 35.7. The zero-order chi connectivity index (χ0) is 24.9. The molecule has 0 radical (unpaired) electrons. The molecule has 34 heavy (non-hydrogen) atoms. The van der Waals surface area contributed by atoms with Gasteiger partial charge in [0.1, 0.15) is 0 Å². The highest BCUT2D eigenvalue weighted by molar-refractivity contribution is 7.99. The Morgan fingerprint density at radius 1 is 1.15 bits per heavy atom. The van der Waals surface area contributed by atoms with Crippen molar-refractivity contribution in [2.24, 2.45) is 17.3 Å². The van der Waals surface area contributed by atoms with E-state index in [1.807, 2.05) is 0 Å². The van der Waals surface area contributed by atoms with Gasteiger partial charge >= 0.3 is 0 Å². The van der Waals surface area contributed by atoms with Crippen LogP contribution in [-0.2, 0) is 0 Å². The molecule has 0 aromatic rings. The highest BCUT2D eigenvalue weighted by Crippen LogP contribution is 2.59. The molecule has 3 N–H and O–H groups in total. The third-order valence-electron chi connectivity index (χ3n) is 9.25. The summed E-state index contributed by atoms with van der Waals surface area (Å²) >= 11 is 2.09. The lowest BCUT2D eigenvalue weighted by Crippen LogP contribution is -2.37. The second-order valence-corrected chi connectivity index (χ2v) is 13.2. The molecule has 0 aromatic carbocycles. The Kier molecular flexibility index (Phi) is 10.00. The van der Waals surface area contributed by atoms with Gasteiger partial charge < -0.3 is 15.3 Å². The maximum Gasteiger partial charge on any atom is 0.0811 e. The number of fused-ring (bicyclic) bond motifs is 1. The van der Waals surface area contributed by atoms with E-state index in [0.29, 0.717) is 29.4 Å². The Balaban J connectivity index is 1.65. The molecule has 0 bridgehead atoms. The van der Waals surface area contributed by atoms with Crippen molar-refractivity contribution >= 4 is 11.8 Å². The van der Waals surface area contributed by atoms with Crippen molar-refractivity contribution in [2.45, 2.75) is 128 Å². The Morgan fingerprint density at radius 2 is 1.85 bits per heavy atom. The van der Waals surface area contributed by atoms with E-state index in [-0.39, 0.29) is 0 Å². The number of rotatable bonds is 10. The van der Waals surface area contributed by atoms with Crippen molar-refractivity contribution in [1.82, 2.24) is 0 Å². The van der Waals surface area contributed by atoms with Gasteiger partial charge in [0, 0.05) is 11.7 Å². The van der Waals surface area contributed by atoms with Gasteiger partial charge in [-0.2, -0.15) is 11.8 Å². The second-order valence-electron chi connectivity index (χ2n) is 11.7. The van der Waals surface area contributed by atoms with E-state index in [0.717, 1.165) is 61.3 Å². The lowest BCUT2D eigenvalue weighted by atomic mass is 9.63. The predicted octanol–water partition coefficient (Wildman–Crippen LogP) is 6.97. The first-order valence-corrected chi connectivity index (χ1v) is 15.0. The Bertz CT molecular complexity index is 750. The van der Waals surface area contributed by atoms with Crippen LogP contribution in [0.1, 0.15) is 105 Å². The lowest BCUT2D eigenvalue weighted by Gasteiger charge is -2.44. The summed E-state index contributed by atoms with van der Waals surface area (Å²) in [6, 6.07) is 0. The molecule has 3 saturated carbocycles. The number of aliphatic hydroxyl groups is 3. The molecule has 0 amide bonds. The molecule has 0 unspecified atom stereocenters. The molecule has 0 spiro atoms. The first-order valence-electron chi connectivity index (χ1n) is 13.9. The summed E-state index contributed by atoms with van der Waals surface area (Å²) in [6.07, 6.45) is 15.5. The Morgan fingerprint density at radius 3 is 2.53 bits per heavy atom. The van der Waals surface area contributed by atoms with E-state index in [1.165, 1.54) is 25.7 Å². The SMILES string of the molecule is C=C1/C(=C\C=C2/CCC[C@]3(C)[C@@H]([C@H](C)SCCC(O)(CCC)CCC)CC[C@@H]23)C[C@@H](O)C[C@@H]1O. The molecule has 194 valence electrons. The van der Waals surface area contributed by atoms with Crippen LogP contribution in [0.3, 0.4) is 0 Å². The van der Waals surface area contributed by atoms with Gasteiger partial charge in [0.2, 0.25) is 0 Å². The van der Waals surface area contributed by atoms with Crippen LogP contribution in [0.15, 0.2) is 35.5 Å². The molecule has 3 aliphatic rings. The number of thioether (sulfide) groups is 1. The topological polar surface area (TPSA) is 60.7 Å². The summed E-state index contributed by atoms with van der Waals surface area (Å²) < 4.78 is 0. The lowest BCUT2D eigenvalue weighted by molar-refractivity contribution is 0.0187. The fraction of sp³-hybridized carbons (Fsp3) is 0.800. The molecule has 3 nitrogen and oxygen atoms in total. The molecular formula is C30H50O3S. The smallest absolute Gasteiger partial charge is 0.0811 e. The minimum absolute atomic E-state index is 0.348. The summed E-state index contributed by atoms with van der Waals surface area (Å²) in [7, 11) is 0. The van der Waals surface area contributed by atoms with E-state index in [2.05, 4.69) is 58.2 Å². The molecule has 6 atom stereocenters. The van der Waals surface area contributed by atoms with Crippen LogP contribution in [0, 0.1) is 17.3 Å². The summed E-state index contributed by atoms with van der Waals surface area (Å²) in [5.74, 6) is 2.41. The van der Waals surface area contributed by atoms with Gasteiger partial charge in [0.25, 0.3) is 0 Å². The van der Waals surface area contributed by atoms with E-state index in [4.69, 9.17) is 0 Å². The van der Waals surface area contributed by atoms with Crippen LogP contribution in [-0.4, -0.2) is 44.1 Å². The molecule has 0 saturated heterocycles. The fourth-order valence-electron chi connectivity index (χ4n) is 7.37. The van der Waals surface area contributed by atoms with E-state index >= 15 is 0 Å². The molecular weight excluding hydrogens is 440 g/mol. The van der Waals surface area contributed by atoms with Crippen LogP contribution >= 0.6 is 11.8 Å². The quantitative estimate of drug-likeness (QED) is 0.309. The molecule has 4 heteroatoms. The second kappa shape index (κ2) is 12.1. The molecule has 0 heterocycles. The third kappa shape index (κ3) is 6.41. The van der Waals surface area contributed by atoms with Gasteiger partial charge in [-0.25, -0.2) is 0 Å². The number of aliphatic hydroxyl groups excluding tert-OH is 2. The third-order valence-corrected chi connectivity index (χ3v) is 10.5. The van der Waals surface area contributed by atoms with Crippen LogP contribution in [0.25, 0.3) is 0 Å². The molecule has 3 aliphatic carbocycles. The van der Waals surface area contributed by atoms with Crippen LogP contribution < -0.4 is 0 Å². The number of hydrogen-bond acceptors (Lipinski definition) is 4. The number of allylic oxidation sites excluding steroid dienone is 3. The first kappa shape index (κ1) is 28.0. The van der Waals surface area contributed by atoms with Gasteiger partial charge in [0.05, 0.1) is 17.8 Å². The van der Waals surface area contributed by atoms with E-state index in [9.17, 15) is 15.3 Å². The fourth-order valence-corrected chi connectivity index (χ4v) is 8.92. The van der Waals surface area contributed by atoms with Crippen LogP contribution in [0.4, 0.5) is 0 Å². The largest absolute Gasteiger partial charge is 0.393 e. The average Bonchev–Trinajstić information content (AvgIpc) is 3.13. The van der Waals surface area contributed by atoms with Crippen molar-refractivity contribution in [1.29, 1.82) is 0 Å². The Hall–Kier alpha value is -0.550. The highest BCUT2D eigenvalue weighted by Gasteiger charge is 2.50. The van der Waals surface area contributed by atoms with Crippen molar-refractivity contribution in [3.63, 3.8) is 0 Å². The Labute approximate surface area is 213 Å². The summed E-state index contributed by atoms with van der Waals surface area (Å²) in [5, 5.41) is 31.9. The van der Waals surface area contributed by atoms with Crippen molar-refractivity contribution < 1.29 is 15.3 Å². The molecule has 0 aliphatic heterocycles. The van der Waals surface area contributed by atoms with E-state index in [1.54, 1.807) is 5.57 Å². The maximum atomic E-state index is 11.0. The molecule has 0 aromatic heterocycles. The average molecular weight is 491 g/mol.